The van der Waals surface area contributed by atoms with Gasteiger partial charge in [0.15, 0.2) is 0 Å². The van der Waals surface area contributed by atoms with Gasteiger partial charge in [0.25, 0.3) is 0 Å². The van der Waals surface area contributed by atoms with Crippen LogP contribution in [0.5, 0.6) is 0 Å². The summed E-state index contributed by atoms with van der Waals surface area (Å²) in [5.41, 5.74) is 4.74. The second-order valence-electron chi connectivity index (χ2n) is 7.78. The molecule has 0 aromatic carbocycles. The second-order valence-corrected chi connectivity index (χ2v) is 8.72. The van der Waals surface area contributed by atoms with Gasteiger partial charge in [0.1, 0.15) is 13.2 Å². The van der Waals surface area contributed by atoms with Crippen molar-refractivity contribution in [2.24, 2.45) is 5.92 Å². The SMILES string of the molecule is C=C1CC[C@@H]2C(=C)[C@H](OS(=O)OC)CCC2=C1C/C=C1/C(=O)OCC1NC(=O)COC. The molecule has 1 aliphatic heterocycles. The molecule has 170 valence electrons. The van der Waals surface area contributed by atoms with Crippen molar-refractivity contribution in [2.75, 3.05) is 27.4 Å². The largest absolute Gasteiger partial charge is 0.460 e. The lowest BCUT2D eigenvalue weighted by atomic mass is 9.69. The number of hydrogen-bond acceptors (Lipinski definition) is 7. The van der Waals surface area contributed by atoms with Crippen LogP contribution in [0.1, 0.15) is 32.1 Å². The number of fused-ring (bicyclic) bond motifs is 1. The number of ether oxygens (including phenoxy) is 2. The highest BCUT2D eigenvalue weighted by Crippen LogP contribution is 2.46. The van der Waals surface area contributed by atoms with Gasteiger partial charge in [-0.3, -0.25) is 13.2 Å². The van der Waals surface area contributed by atoms with Crippen molar-refractivity contribution in [3.63, 3.8) is 0 Å². The number of methoxy groups -OCH3 is 1. The number of allylic oxidation sites excluding steroid dienone is 4. The van der Waals surface area contributed by atoms with Crippen molar-refractivity contribution >= 4 is 23.2 Å². The monoisotopic (exact) mass is 451 g/mol. The molecule has 2 aliphatic carbocycles. The van der Waals surface area contributed by atoms with E-state index in [0.29, 0.717) is 18.4 Å². The van der Waals surface area contributed by atoms with E-state index >= 15 is 0 Å². The van der Waals surface area contributed by atoms with Gasteiger partial charge in [0, 0.05) is 13.0 Å². The number of nitrogens with one attached hydrogen (secondary N) is 1. The van der Waals surface area contributed by atoms with E-state index in [1.54, 1.807) is 0 Å². The highest BCUT2D eigenvalue weighted by atomic mass is 32.2. The molecule has 0 radical (unpaired) electrons. The Morgan fingerprint density at radius 2 is 2.06 bits per heavy atom. The molecule has 1 saturated carbocycles. The summed E-state index contributed by atoms with van der Waals surface area (Å²) in [5, 5.41) is 2.76. The average Bonchev–Trinajstić information content (AvgIpc) is 3.08. The van der Waals surface area contributed by atoms with Crippen molar-refractivity contribution in [3.8, 4) is 0 Å². The molecule has 31 heavy (non-hydrogen) atoms. The van der Waals surface area contributed by atoms with Crippen LogP contribution >= 0.6 is 0 Å². The molecule has 8 nitrogen and oxygen atoms in total. The molecule has 1 heterocycles. The van der Waals surface area contributed by atoms with Gasteiger partial charge in [0.05, 0.1) is 24.8 Å². The predicted octanol–water partition coefficient (Wildman–Crippen LogP) is 2.21. The van der Waals surface area contributed by atoms with Crippen molar-refractivity contribution in [3.05, 3.63) is 47.1 Å². The van der Waals surface area contributed by atoms with Crippen molar-refractivity contribution < 1.29 is 31.6 Å². The number of rotatable bonds is 8. The summed E-state index contributed by atoms with van der Waals surface area (Å²) < 4.78 is 31.8. The van der Waals surface area contributed by atoms with E-state index in [1.165, 1.54) is 19.8 Å². The third-order valence-electron chi connectivity index (χ3n) is 5.97. The zero-order valence-corrected chi connectivity index (χ0v) is 18.8. The summed E-state index contributed by atoms with van der Waals surface area (Å²) in [5.74, 6) is -0.599. The summed E-state index contributed by atoms with van der Waals surface area (Å²) in [4.78, 5) is 24.1. The lowest BCUT2D eigenvalue weighted by molar-refractivity contribution is -0.135. The summed E-state index contributed by atoms with van der Waals surface area (Å²) in [7, 11) is 2.77. The van der Waals surface area contributed by atoms with Crippen LogP contribution < -0.4 is 5.32 Å². The van der Waals surface area contributed by atoms with E-state index in [4.69, 9.17) is 17.8 Å². The first-order valence-electron chi connectivity index (χ1n) is 10.2. The van der Waals surface area contributed by atoms with Crippen molar-refractivity contribution in [1.82, 2.24) is 5.32 Å². The Kier molecular flexibility index (Phi) is 7.99. The van der Waals surface area contributed by atoms with Gasteiger partial charge in [-0.05, 0) is 43.3 Å². The summed E-state index contributed by atoms with van der Waals surface area (Å²) in [6.45, 7) is 8.47. The Morgan fingerprint density at radius 1 is 1.29 bits per heavy atom. The highest BCUT2D eigenvalue weighted by Gasteiger charge is 2.36. The first kappa shape index (κ1) is 23.6. The third kappa shape index (κ3) is 5.41. The predicted molar refractivity (Wildman–Crippen MR) is 115 cm³/mol. The minimum absolute atomic E-state index is 0.0784. The van der Waals surface area contributed by atoms with Crippen LogP contribution in [0.15, 0.2) is 47.1 Å². The molecule has 3 rings (SSSR count). The van der Waals surface area contributed by atoms with E-state index in [9.17, 15) is 13.8 Å². The molecule has 3 aliphatic rings. The smallest absolute Gasteiger partial charge is 0.336 e. The summed E-state index contributed by atoms with van der Waals surface area (Å²) in [6, 6.07) is -0.489. The normalized spacial score (nSPS) is 28.5. The number of hydrogen-bond donors (Lipinski definition) is 1. The van der Waals surface area contributed by atoms with Crippen LogP contribution in [0.2, 0.25) is 0 Å². The third-order valence-corrected chi connectivity index (χ3v) is 6.63. The maximum absolute atomic E-state index is 12.2. The minimum atomic E-state index is -1.79. The quantitative estimate of drug-likeness (QED) is 0.343. The van der Waals surface area contributed by atoms with Gasteiger partial charge in [-0.2, -0.15) is 4.21 Å². The number of esters is 1. The second kappa shape index (κ2) is 10.5. The van der Waals surface area contributed by atoms with Crippen LogP contribution in [0.3, 0.4) is 0 Å². The molecule has 1 saturated heterocycles. The van der Waals surface area contributed by atoms with Gasteiger partial charge >= 0.3 is 17.3 Å². The van der Waals surface area contributed by atoms with Gasteiger partial charge in [-0.25, -0.2) is 4.79 Å². The number of carbonyl (C=O) groups excluding carboxylic acids is 2. The molecule has 0 spiro atoms. The van der Waals surface area contributed by atoms with Gasteiger partial charge in [-0.1, -0.05) is 30.4 Å². The van der Waals surface area contributed by atoms with Crippen molar-refractivity contribution in [1.29, 1.82) is 0 Å². The zero-order valence-electron chi connectivity index (χ0n) is 17.9. The molecule has 4 atom stereocenters. The molecule has 0 bridgehead atoms. The minimum Gasteiger partial charge on any atom is -0.460 e. The van der Waals surface area contributed by atoms with Crippen LogP contribution in [-0.2, 0) is 38.8 Å². The molecular formula is C22H29NO7S. The zero-order chi connectivity index (χ0) is 22.5. The van der Waals surface area contributed by atoms with Crippen LogP contribution in [0.4, 0.5) is 0 Å². The maximum atomic E-state index is 12.2. The van der Waals surface area contributed by atoms with Crippen LogP contribution in [0.25, 0.3) is 0 Å². The molecule has 0 aromatic rings. The molecule has 2 unspecified atom stereocenters. The Balaban J connectivity index is 1.78. The first-order valence-corrected chi connectivity index (χ1v) is 11.2. The lowest BCUT2D eigenvalue weighted by Crippen LogP contribution is -2.38. The summed E-state index contributed by atoms with van der Waals surface area (Å²) in [6.07, 6.45) is 5.15. The van der Waals surface area contributed by atoms with Crippen LogP contribution in [-0.4, -0.2) is 55.7 Å². The lowest BCUT2D eigenvalue weighted by Gasteiger charge is -2.38. The standard InChI is InChI=1S/C22H29NO7S/c1-13-5-6-16-14(2)20(30-31(26)28-4)10-9-17(16)15(13)7-8-18-19(11-29-22(18)25)23-21(24)12-27-3/h8,16,19-20H,1-2,5-7,9-12H2,3-4H3,(H,23,24)/b18-8+/t16-,19?,20-,31?/m1/s1. The average molecular weight is 452 g/mol. The fraction of sp³-hybridized carbons (Fsp3) is 0.545. The van der Waals surface area contributed by atoms with E-state index in [-0.39, 0.29) is 31.1 Å². The van der Waals surface area contributed by atoms with Gasteiger partial charge in [0.2, 0.25) is 5.91 Å². The van der Waals surface area contributed by atoms with E-state index in [0.717, 1.165) is 36.0 Å². The van der Waals surface area contributed by atoms with Crippen LogP contribution in [0, 0.1) is 5.92 Å². The molecular weight excluding hydrogens is 422 g/mol. The molecule has 1 N–H and O–H groups in total. The Hall–Kier alpha value is -2.07. The molecule has 2 fully saturated rings. The van der Waals surface area contributed by atoms with E-state index in [1.807, 2.05) is 6.08 Å². The maximum Gasteiger partial charge on any atom is 0.336 e. The highest BCUT2D eigenvalue weighted by molar-refractivity contribution is 7.75. The molecule has 9 heteroatoms. The summed E-state index contributed by atoms with van der Waals surface area (Å²) >= 11 is -1.79. The fourth-order valence-electron chi connectivity index (χ4n) is 4.43. The topological polar surface area (TPSA) is 100 Å². The van der Waals surface area contributed by atoms with E-state index in [2.05, 4.69) is 18.5 Å². The molecule has 0 aromatic heterocycles. The van der Waals surface area contributed by atoms with Gasteiger partial charge in [-0.15, -0.1) is 0 Å². The Labute approximate surface area is 185 Å². The Morgan fingerprint density at radius 3 is 2.77 bits per heavy atom. The fourth-order valence-corrected chi connectivity index (χ4v) is 4.92. The number of cyclic esters (lactones) is 1. The molecule has 1 amide bonds. The van der Waals surface area contributed by atoms with Gasteiger partial charge < -0.3 is 14.8 Å². The Bertz CT molecular complexity index is 860. The number of carbonyl (C=O) groups is 2. The van der Waals surface area contributed by atoms with Crippen molar-refractivity contribution in [2.45, 2.75) is 44.2 Å². The first-order chi connectivity index (χ1) is 14.8. The van der Waals surface area contributed by atoms with E-state index < -0.39 is 23.4 Å². The number of amides is 1.